The second-order valence-corrected chi connectivity index (χ2v) is 6.02. The van der Waals surface area contributed by atoms with Crippen molar-refractivity contribution in [3.8, 4) is 5.75 Å². The first-order valence-electron chi connectivity index (χ1n) is 8.56. The molecule has 0 N–H and O–H groups in total. The van der Waals surface area contributed by atoms with Crippen molar-refractivity contribution in [3.63, 3.8) is 0 Å². The van der Waals surface area contributed by atoms with E-state index in [2.05, 4.69) is 0 Å². The average molecular weight is 339 g/mol. The van der Waals surface area contributed by atoms with Gasteiger partial charge in [0.05, 0.1) is 7.11 Å². The van der Waals surface area contributed by atoms with Crippen LogP contribution in [0.4, 0.5) is 0 Å². The number of para-hydroxylation sites is 1. The molecule has 0 fully saturated rings. The Kier molecular flexibility index (Phi) is 7.20. The van der Waals surface area contributed by atoms with Crippen molar-refractivity contribution < 1.29 is 14.3 Å². The van der Waals surface area contributed by atoms with Gasteiger partial charge in [-0.2, -0.15) is 0 Å². The van der Waals surface area contributed by atoms with Gasteiger partial charge in [-0.05, 0) is 24.5 Å². The molecule has 4 heteroatoms. The van der Waals surface area contributed by atoms with Crippen LogP contribution < -0.4 is 4.74 Å². The number of rotatable bonds is 9. The topological polar surface area (TPSA) is 46.6 Å². The fraction of sp³-hybridized carbons (Fsp3) is 0.333. The van der Waals surface area contributed by atoms with E-state index in [1.807, 2.05) is 54.6 Å². The van der Waals surface area contributed by atoms with Crippen LogP contribution in [0.1, 0.15) is 35.2 Å². The zero-order valence-electron chi connectivity index (χ0n) is 14.9. The molecule has 0 saturated carbocycles. The van der Waals surface area contributed by atoms with Crippen molar-refractivity contribution in [2.75, 3.05) is 20.7 Å². The third-order valence-electron chi connectivity index (χ3n) is 4.23. The number of Topliss-reactive ketones (excluding diaryl/α,β-unsaturated/α-hetero) is 1. The lowest BCUT2D eigenvalue weighted by molar-refractivity contribution is -0.129. The highest BCUT2D eigenvalue weighted by molar-refractivity contribution is 5.96. The average Bonchev–Trinajstić information content (AvgIpc) is 2.66. The molecule has 1 amide bonds. The van der Waals surface area contributed by atoms with Gasteiger partial charge in [0.2, 0.25) is 5.91 Å². The molecule has 25 heavy (non-hydrogen) atoms. The summed E-state index contributed by atoms with van der Waals surface area (Å²) in [7, 11) is 3.45. The Labute approximate surface area is 149 Å². The molecular weight excluding hydrogens is 314 g/mol. The van der Waals surface area contributed by atoms with Gasteiger partial charge in [-0.25, -0.2) is 0 Å². The highest BCUT2D eigenvalue weighted by Crippen LogP contribution is 2.18. The van der Waals surface area contributed by atoms with E-state index >= 15 is 0 Å². The Bertz CT molecular complexity index is 697. The summed E-state index contributed by atoms with van der Waals surface area (Å²) in [5, 5.41) is 0. The normalized spacial score (nSPS) is 10.3. The van der Waals surface area contributed by atoms with E-state index in [4.69, 9.17) is 4.74 Å². The van der Waals surface area contributed by atoms with Gasteiger partial charge in [-0.15, -0.1) is 0 Å². The van der Waals surface area contributed by atoms with Gasteiger partial charge in [0.15, 0.2) is 5.78 Å². The van der Waals surface area contributed by atoms with Gasteiger partial charge in [0.25, 0.3) is 0 Å². The number of hydrogen-bond acceptors (Lipinski definition) is 3. The number of carbonyl (C=O) groups excluding carboxylic acids is 2. The van der Waals surface area contributed by atoms with Crippen molar-refractivity contribution in [2.45, 2.75) is 25.7 Å². The van der Waals surface area contributed by atoms with E-state index in [1.165, 1.54) is 0 Å². The second kappa shape index (κ2) is 9.62. The fourth-order valence-corrected chi connectivity index (χ4v) is 2.68. The molecule has 2 aromatic carbocycles. The standard InChI is InChI=1S/C21H25NO3/c1-22(16-15-18-11-6-7-13-20(18)25-2)21(24)14-8-12-19(23)17-9-4-3-5-10-17/h3-7,9-11,13H,8,12,14-16H2,1-2H3. The van der Waals surface area contributed by atoms with Crippen molar-refractivity contribution >= 4 is 11.7 Å². The molecule has 4 nitrogen and oxygen atoms in total. The van der Waals surface area contributed by atoms with Crippen LogP contribution in [0, 0.1) is 0 Å². The lowest BCUT2D eigenvalue weighted by Gasteiger charge is -2.18. The van der Waals surface area contributed by atoms with Crippen molar-refractivity contribution in [1.29, 1.82) is 0 Å². The maximum absolute atomic E-state index is 12.2. The molecule has 0 aromatic heterocycles. The molecule has 0 saturated heterocycles. The molecule has 0 heterocycles. The number of methoxy groups -OCH3 is 1. The Morgan fingerprint density at radius 3 is 2.36 bits per heavy atom. The summed E-state index contributed by atoms with van der Waals surface area (Å²) in [5.74, 6) is 0.998. The summed E-state index contributed by atoms with van der Waals surface area (Å²) >= 11 is 0. The predicted molar refractivity (Wildman–Crippen MR) is 99.0 cm³/mol. The van der Waals surface area contributed by atoms with Crippen molar-refractivity contribution in [2.24, 2.45) is 0 Å². The van der Waals surface area contributed by atoms with E-state index in [0.717, 1.165) is 17.7 Å². The number of ketones is 1. The minimum absolute atomic E-state index is 0.0655. The first kappa shape index (κ1) is 18.7. The third kappa shape index (κ3) is 5.75. The summed E-state index contributed by atoms with van der Waals surface area (Å²) in [5.41, 5.74) is 1.79. The quantitative estimate of drug-likeness (QED) is 0.654. The Hall–Kier alpha value is -2.62. The minimum Gasteiger partial charge on any atom is -0.496 e. The first-order chi connectivity index (χ1) is 12.1. The molecular formula is C21H25NO3. The van der Waals surface area contributed by atoms with E-state index < -0.39 is 0 Å². The van der Waals surface area contributed by atoms with Gasteiger partial charge in [0.1, 0.15) is 5.75 Å². The Morgan fingerprint density at radius 1 is 0.960 bits per heavy atom. The lowest BCUT2D eigenvalue weighted by Crippen LogP contribution is -2.28. The van der Waals surface area contributed by atoms with Gasteiger partial charge >= 0.3 is 0 Å². The Morgan fingerprint density at radius 2 is 1.64 bits per heavy atom. The van der Waals surface area contributed by atoms with E-state index in [-0.39, 0.29) is 11.7 Å². The zero-order chi connectivity index (χ0) is 18.1. The largest absolute Gasteiger partial charge is 0.496 e. The molecule has 0 atom stereocenters. The highest BCUT2D eigenvalue weighted by atomic mass is 16.5. The minimum atomic E-state index is 0.0655. The molecule has 0 spiro atoms. The van der Waals surface area contributed by atoms with Gasteiger partial charge in [0, 0.05) is 32.0 Å². The molecule has 0 radical (unpaired) electrons. The van der Waals surface area contributed by atoms with Crippen LogP contribution in [-0.4, -0.2) is 37.3 Å². The van der Waals surface area contributed by atoms with Crippen LogP contribution in [0.15, 0.2) is 54.6 Å². The van der Waals surface area contributed by atoms with Crippen LogP contribution >= 0.6 is 0 Å². The van der Waals surface area contributed by atoms with Gasteiger partial charge in [-0.3, -0.25) is 9.59 Å². The molecule has 0 unspecified atom stereocenters. The highest BCUT2D eigenvalue weighted by Gasteiger charge is 2.12. The molecule has 0 aliphatic rings. The number of nitrogens with zero attached hydrogens (tertiary/aromatic N) is 1. The number of likely N-dealkylation sites (N-methyl/N-ethyl adjacent to an activating group) is 1. The number of carbonyl (C=O) groups is 2. The zero-order valence-corrected chi connectivity index (χ0v) is 14.9. The monoisotopic (exact) mass is 339 g/mol. The fourth-order valence-electron chi connectivity index (χ4n) is 2.68. The van der Waals surface area contributed by atoms with Crippen LogP contribution in [0.25, 0.3) is 0 Å². The van der Waals surface area contributed by atoms with Crippen LogP contribution in [0.2, 0.25) is 0 Å². The molecule has 2 rings (SSSR count). The predicted octanol–water partition coefficient (Wildman–Crippen LogP) is 3.75. The maximum Gasteiger partial charge on any atom is 0.222 e. The second-order valence-electron chi connectivity index (χ2n) is 6.02. The molecule has 0 bridgehead atoms. The summed E-state index contributed by atoms with van der Waals surface area (Å²) in [6.45, 7) is 0.631. The van der Waals surface area contributed by atoms with Gasteiger partial charge in [-0.1, -0.05) is 48.5 Å². The smallest absolute Gasteiger partial charge is 0.222 e. The van der Waals surface area contributed by atoms with Crippen molar-refractivity contribution in [1.82, 2.24) is 4.90 Å². The summed E-state index contributed by atoms with van der Waals surface area (Å²) in [4.78, 5) is 26.0. The molecule has 0 aliphatic heterocycles. The summed E-state index contributed by atoms with van der Waals surface area (Å²) in [6, 6.07) is 17.0. The van der Waals surface area contributed by atoms with E-state index in [1.54, 1.807) is 19.1 Å². The van der Waals surface area contributed by atoms with Crippen LogP contribution in [0.3, 0.4) is 0 Å². The lowest BCUT2D eigenvalue weighted by atomic mass is 10.1. The molecule has 2 aromatic rings. The number of hydrogen-bond donors (Lipinski definition) is 0. The first-order valence-corrected chi connectivity index (χ1v) is 8.56. The number of benzene rings is 2. The SMILES string of the molecule is COc1ccccc1CCN(C)C(=O)CCCC(=O)c1ccccc1. The summed E-state index contributed by atoms with van der Waals surface area (Å²) < 4.78 is 5.33. The summed E-state index contributed by atoms with van der Waals surface area (Å²) in [6.07, 6.45) is 2.11. The Balaban J connectivity index is 1.74. The maximum atomic E-state index is 12.2. The van der Waals surface area contributed by atoms with Crippen LogP contribution in [0.5, 0.6) is 5.75 Å². The number of amides is 1. The molecule has 132 valence electrons. The van der Waals surface area contributed by atoms with Gasteiger partial charge < -0.3 is 9.64 Å². The third-order valence-corrected chi connectivity index (χ3v) is 4.23. The van der Waals surface area contributed by atoms with E-state index in [0.29, 0.717) is 31.4 Å². The molecule has 0 aliphatic carbocycles. The van der Waals surface area contributed by atoms with Crippen LogP contribution in [-0.2, 0) is 11.2 Å². The van der Waals surface area contributed by atoms with Crippen molar-refractivity contribution in [3.05, 3.63) is 65.7 Å². The number of ether oxygens (including phenoxy) is 1. The van der Waals surface area contributed by atoms with E-state index in [9.17, 15) is 9.59 Å².